The van der Waals surface area contributed by atoms with Crippen LogP contribution in [0.5, 0.6) is 0 Å². The van der Waals surface area contributed by atoms with Crippen LogP contribution in [0.15, 0.2) is 76.3 Å². The van der Waals surface area contributed by atoms with Crippen LogP contribution in [0.25, 0.3) is 21.8 Å². The van der Waals surface area contributed by atoms with Crippen molar-refractivity contribution in [2.75, 3.05) is 0 Å². The van der Waals surface area contributed by atoms with E-state index in [-0.39, 0.29) is 22.6 Å². The first-order valence-corrected chi connectivity index (χ1v) is 10.4. The predicted molar refractivity (Wildman–Crippen MR) is 120 cm³/mol. The van der Waals surface area contributed by atoms with Gasteiger partial charge in [-0.1, -0.05) is 77.5 Å². The number of nitrogens with zero attached hydrogens (tertiary/aromatic N) is 3. The van der Waals surface area contributed by atoms with Gasteiger partial charge in [0, 0.05) is 11.4 Å². The molecule has 5 aromatic rings. The molecule has 7 heteroatoms. The Morgan fingerprint density at radius 1 is 0.967 bits per heavy atom. The minimum absolute atomic E-state index is 0.224. The Hall–Kier alpha value is -3.35. The summed E-state index contributed by atoms with van der Waals surface area (Å²) >= 11 is 7.08. The lowest BCUT2D eigenvalue weighted by atomic mass is 10.0. The van der Waals surface area contributed by atoms with Crippen LogP contribution in [0.1, 0.15) is 16.8 Å². The summed E-state index contributed by atoms with van der Waals surface area (Å²) in [6.07, 6.45) is 2.11. The Labute approximate surface area is 179 Å². The summed E-state index contributed by atoms with van der Waals surface area (Å²) in [4.78, 5) is 29.8. The Morgan fingerprint density at radius 2 is 1.73 bits per heavy atom. The predicted octanol–water partition coefficient (Wildman–Crippen LogP) is 3.46. The lowest BCUT2D eigenvalue weighted by Gasteiger charge is -2.00. The quantitative estimate of drug-likeness (QED) is 0.439. The van der Waals surface area contributed by atoms with E-state index in [1.54, 1.807) is 12.1 Å². The zero-order valence-electron chi connectivity index (χ0n) is 15.6. The van der Waals surface area contributed by atoms with Crippen LogP contribution in [0.3, 0.4) is 0 Å². The molecular formula is C23H14ClN3O2S. The van der Waals surface area contributed by atoms with Gasteiger partial charge in [0.25, 0.3) is 11.1 Å². The monoisotopic (exact) mass is 431 g/mol. The van der Waals surface area contributed by atoms with Gasteiger partial charge in [-0.25, -0.2) is 0 Å². The van der Waals surface area contributed by atoms with E-state index in [4.69, 9.17) is 11.6 Å². The molecular weight excluding hydrogens is 418 g/mol. The molecule has 5 nitrogen and oxygen atoms in total. The number of rotatable bonds is 3. The Kier molecular flexibility index (Phi) is 4.65. The molecule has 2 aromatic heterocycles. The molecule has 0 aliphatic heterocycles. The van der Waals surface area contributed by atoms with Crippen LogP contribution in [0.2, 0.25) is 5.02 Å². The minimum atomic E-state index is -0.428. The number of halogens is 1. The second kappa shape index (κ2) is 7.48. The minimum Gasteiger partial charge on any atom is -0.266 e. The van der Waals surface area contributed by atoms with E-state index in [0.29, 0.717) is 9.55 Å². The van der Waals surface area contributed by atoms with Crippen molar-refractivity contribution < 1.29 is 0 Å². The molecule has 0 amide bonds. The van der Waals surface area contributed by atoms with Crippen LogP contribution >= 0.6 is 22.9 Å². The third-order valence-electron chi connectivity index (χ3n) is 4.85. The summed E-state index contributed by atoms with van der Waals surface area (Å²) in [7, 11) is 0. The molecule has 3 aromatic carbocycles. The highest BCUT2D eigenvalue weighted by Gasteiger charge is 2.12. The van der Waals surface area contributed by atoms with Crippen molar-refractivity contribution in [3.63, 3.8) is 0 Å². The Morgan fingerprint density at radius 3 is 2.57 bits per heavy atom. The maximum Gasteiger partial charge on any atom is 0.296 e. The van der Waals surface area contributed by atoms with E-state index in [1.165, 1.54) is 4.52 Å². The van der Waals surface area contributed by atoms with Gasteiger partial charge in [0.15, 0.2) is 0 Å². The number of aromatic nitrogens is 3. The fourth-order valence-corrected chi connectivity index (χ4v) is 4.39. The lowest BCUT2D eigenvalue weighted by Crippen LogP contribution is -2.28. The number of hydrogen-bond acceptors (Lipinski definition) is 5. The summed E-state index contributed by atoms with van der Waals surface area (Å²) in [5.74, 6) is 0. The van der Waals surface area contributed by atoms with Crippen molar-refractivity contribution in [3.05, 3.63) is 114 Å². The van der Waals surface area contributed by atoms with E-state index in [1.807, 2.05) is 60.7 Å². The van der Waals surface area contributed by atoms with Gasteiger partial charge in [-0.2, -0.15) is 14.6 Å². The average Bonchev–Trinajstić information content (AvgIpc) is 3.04. The second-order valence-electron chi connectivity index (χ2n) is 6.85. The fraction of sp³-hybridized carbons (Fsp3) is 0.0435. The summed E-state index contributed by atoms with van der Waals surface area (Å²) in [6.45, 7) is 0. The Bertz CT molecular complexity index is 1570. The Balaban J connectivity index is 1.64. The smallest absolute Gasteiger partial charge is 0.266 e. The third-order valence-corrected chi connectivity index (χ3v) is 6.06. The molecule has 0 unspecified atom stereocenters. The zero-order chi connectivity index (χ0) is 20.7. The van der Waals surface area contributed by atoms with Crippen LogP contribution < -0.4 is 15.7 Å². The topological polar surface area (TPSA) is 64.3 Å². The second-order valence-corrected chi connectivity index (χ2v) is 8.29. The van der Waals surface area contributed by atoms with Gasteiger partial charge < -0.3 is 0 Å². The highest BCUT2D eigenvalue weighted by atomic mass is 35.5. The maximum atomic E-state index is 12.9. The summed E-state index contributed by atoms with van der Waals surface area (Å²) < 4.78 is 1.70. The molecule has 30 heavy (non-hydrogen) atoms. The fourth-order valence-electron chi connectivity index (χ4n) is 3.37. The molecule has 0 saturated carbocycles. The van der Waals surface area contributed by atoms with Crippen molar-refractivity contribution >= 4 is 44.7 Å². The third kappa shape index (κ3) is 3.40. The highest BCUT2D eigenvalue weighted by molar-refractivity contribution is 7.15. The van der Waals surface area contributed by atoms with E-state index in [2.05, 4.69) is 10.1 Å². The largest absolute Gasteiger partial charge is 0.296 e. The highest BCUT2D eigenvalue weighted by Crippen LogP contribution is 2.19. The van der Waals surface area contributed by atoms with Gasteiger partial charge in [-0.3, -0.25) is 9.59 Å². The zero-order valence-corrected chi connectivity index (χ0v) is 17.2. The van der Waals surface area contributed by atoms with Crippen molar-refractivity contribution in [2.45, 2.75) is 6.42 Å². The van der Waals surface area contributed by atoms with Gasteiger partial charge in [-0.05, 0) is 40.1 Å². The molecule has 146 valence electrons. The van der Waals surface area contributed by atoms with Crippen molar-refractivity contribution in [1.29, 1.82) is 0 Å². The van der Waals surface area contributed by atoms with Crippen molar-refractivity contribution in [3.8, 4) is 0 Å². The molecule has 2 heterocycles. The van der Waals surface area contributed by atoms with Gasteiger partial charge in [0.05, 0.1) is 4.53 Å². The molecule has 0 saturated heterocycles. The van der Waals surface area contributed by atoms with E-state index < -0.39 is 5.56 Å². The molecule has 0 aliphatic rings. The number of fused-ring (bicyclic) bond motifs is 2. The molecule has 5 rings (SSSR count). The molecule has 0 bridgehead atoms. The summed E-state index contributed by atoms with van der Waals surface area (Å²) in [6, 6.07) is 21.1. The first-order valence-electron chi connectivity index (χ1n) is 9.25. The molecule has 0 aliphatic carbocycles. The molecule has 0 N–H and O–H groups in total. The molecule has 0 fully saturated rings. The normalized spacial score (nSPS) is 12.1. The van der Waals surface area contributed by atoms with Gasteiger partial charge in [0.2, 0.25) is 4.96 Å². The van der Waals surface area contributed by atoms with Crippen LogP contribution in [0.4, 0.5) is 0 Å². The van der Waals surface area contributed by atoms with E-state index in [9.17, 15) is 9.59 Å². The number of benzene rings is 3. The molecule has 0 spiro atoms. The van der Waals surface area contributed by atoms with Crippen molar-refractivity contribution in [1.82, 2.24) is 14.6 Å². The van der Waals surface area contributed by atoms with Crippen LogP contribution in [-0.4, -0.2) is 14.6 Å². The number of thiazole rings is 1. The summed E-state index contributed by atoms with van der Waals surface area (Å²) in [5.41, 5.74) is 1.31. The maximum absolute atomic E-state index is 12.9. The first-order chi connectivity index (χ1) is 14.6. The molecule has 0 radical (unpaired) electrons. The average molecular weight is 432 g/mol. The SMILES string of the molecule is O=c1nc2s/c(=C\c3cccc4ccccc34)c(=O)n2nc1Cc1ccc(Cl)cc1. The molecule has 0 atom stereocenters. The van der Waals surface area contributed by atoms with E-state index in [0.717, 1.165) is 33.2 Å². The van der Waals surface area contributed by atoms with Gasteiger partial charge in [-0.15, -0.1) is 0 Å². The van der Waals surface area contributed by atoms with Gasteiger partial charge >= 0.3 is 0 Å². The van der Waals surface area contributed by atoms with E-state index >= 15 is 0 Å². The van der Waals surface area contributed by atoms with Crippen LogP contribution in [-0.2, 0) is 6.42 Å². The summed E-state index contributed by atoms with van der Waals surface area (Å²) in [5, 5.41) is 7.06. The number of hydrogen-bond donors (Lipinski definition) is 0. The first kappa shape index (κ1) is 18.7. The van der Waals surface area contributed by atoms with Crippen molar-refractivity contribution in [2.24, 2.45) is 0 Å². The van der Waals surface area contributed by atoms with Gasteiger partial charge in [0.1, 0.15) is 5.69 Å². The van der Waals surface area contributed by atoms with Crippen LogP contribution in [0, 0.1) is 0 Å². The standard InChI is InChI=1S/C23H14ClN3O2S/c24-17-10-8-14(9-11-17)12-19-21(28)25-23-27(26-19)22(29)20(30-23)13-16-6-3-5-15-4-1-2-7-18(15)16/h1-11,13H,12H2/b20-13-. The lowest BCUT2D eigenvalue weighted by molar-refractivity contribution is 0.811.